The number of likely N-dealkylation sites (N-methyl/N-ethyl adjacent to an activating group) is 1. The number of carbonyl (C=O) groups excluding carboxylic acids is 2. The number of nitrogens with zero attached hydrogens (tertiary/aromatic N) is 3. The molecule has 1 amide bonds. The van der Waals surface area contributed by atoms with Crippen LogP contribution in [-0.4, -0.2) is 58.0 Å². The molecule has 0 aliphatic heterocycles. The van der Waals surface area contributed by atoms with E-state index in [0.29, 0.717) is 11.2 Å². The summed E-state index contributed by atoms with van der Waals surface area (Å²) >= 11 is 0. The zero-order valence-electron chi connectivity index (χ0n) is 15.4. The molecule has 0 spiro atoms. The molecule has 0 fully saturated rings. The molecule has 1 N–H and O–H groups in total. The van der Waals surface area contributed by atoms with E-state index in [1.165, 1.54) is 36.1 Å². The third-order valence-corrected chi connectivity index (χ3v) is 3.93. The molecule has 0 saturated heterocycles. The molecule has 1 heterocycles. The summed E-state index contributed by atoms with van der Waals surface area (Å²) in [5.74, 6) is -1.47. The quantitative estimate of drug-likeness (QED) is 0.724. The van der Waals surface area contributed by atoms with E-state index < -0.39 is 23.4 Å². The molecule has 7 nitrogen and oxygen atoms in total. The smallest absolute Gasteiger partial charge is 0.434 e. The van der Waals surface area contributed by atoms with Crippen molar-refractivity contribution in [2.24, 2.45) is 0 Å². The van der Waals surface area contributed by atoms with Crippen molar-refractivity contribution in [3.05, 3.63) is 47.3 Å². The molecule has 0 bridgehead atoms. The molecule has 1 aromatic carbocycles. The van der Waals surface area contributed by atoms with Crippen molar-refractivity contribution in [3.63, 3.8) is 0 Å². The zero-order chi connectivity index (χ0) is 20.9. The summed E-state index contributed by atoms with van der Waals surface area (Å²) in [5.41, 5.74) is -1.65. The Morgan fingerprint density at radius 2 is 1.86 bits per heavy atom. The first-order valence-electron chi connectivity index (χ1n) is 8.57. The van der Waals surface area contributed by atoms with Crippen molar-refractivity contribution >= 4 is 11.9 Å². The number of aliphatic hydroxyl groups is 1. The first-order chi connectivity index (χ1) is 13.2. The second-order valence-corrected chi connectivity index (χ2v) is 5.69. The van der Waals surface area contributed by atoms with Crippen LogP contribution in [-0.2, 0) is 10.9 Å². The molecule has 0 atom stereocenters. The van der Waals surface area contributed by atoms with Gasteiger partial charge in [0.1, 0.15) is 5.56 Å². The van der Waals surface area contributed by atoms with Crippen molar-refractivity contribution in [2.75, 3.05) is 26.3 Å². The summed E-state index contributed by atoms with van der Waals surface area (Å²) < 4.78 is 45.8. The largest absolute Gasteiger partial charge is 0.462 e. The fourth-order valence-corrected chi connectivity index (χ4v) is 2.63. The number of amides is 1. The highest BCUT2D eigenvalue weighted by Crippen LogP contribution is 2.34. The lowest BCUT2D eigenvalue weighted by Gasteiger charge is -2.20. The number of ether oxygens (including phenoxy) is 1. The fraction of sp³-hybridized carbons (Fsp3) is 0.389. The van der Waals surface area contributed by atoms with Crippen LogP contribution >= 0.6 is 0 Å². The Morgan fingerprint density at radius 1 is 1.21 bits per heavy atom. The lowest BCUT2D eigenvalue weighted by molar-refractivity contribution is -0.143. The Balaban J connectivity index is 2.41. The van der Waals surface area contributed by atoms with Crippen LogP contribution in [0.5, 0.6) is 0 Å². The second kappa shape index (κ2) is 8.87. The highest BCUT2D eigenvalue weighted by Gasteiger charge is 2.41. The van der Waals surface area contributed by atoms with E-state index in [-0.39, 0.29) is 36.9 Å². The Bertz CT molecular complexity index is 832. The van der Waals surface area contributed by atoms with E-state index in [1.807, 2.05) is 0 Å². The van der Waals surface area contributed by atoms with E-state index in [2.05, 4.69) is 9.84 Å². The lowest BCUT2D eigenvalue weighted by Crippen LogP contribution is -2.33. The number of benzene rings is 1. The molecule has 0 radical (unpaired) electrons. The van der Waals surface area contributed by atoms with Crippen molar-refractivity contribution in [1.82, 2.24) is 14.7 Å². The number of hydrogen-bond acceptors (Lipinski definition) is 5. The van der Waals surface area contributed by atoms with Crippen LogP contribution in [0.25, 0.3) is 5.69 Å². The van der Waals surface area contributed by atoms with Gasteiger partial charge in [0, 0.05) is 18.7 Å². The maximum absolute atomic E-state index is 13.5. The van der Waals surface area contributed by atoms with Gasteiger partial charge >= 0.3 is 12.1 Å². The Kier molecular flexibility index (Phi) is 6.79. The number of alkyl halides is 3. The lowest BCUT2D eigenvalue weighted by atomic mass is 10.1. The average Bonchev–Trinajstić information content (AvgIpc) is 3.11. The number of rotatable bonds is 7. The van der Waals surface area contributed by atoms with Crippen LogP contribution in [0, 0.1) is 0 Å². The molecule has 2 aromatic rings. The third kappa shape index (κ3) is 4.50. The van der Waals surface area contributed by atoms with E-state index >= 15 is 0 Å². The Morgan fingerprint density at radius 3 is 2.36 bits per heavy atom. The molecular formula is C18H20F3N3O4. The highest BCUT2D eigenvalue weighted by molar-refractivity contribution is 5.94. The van der Waals surface area contributed by atoms with Crippen LogP contribution in [0.2, 0.25) is 0 Å². The molecule has 0 unspecified atom stereocenters. The molecule has 28 heavy (non-hydrogen) atoms. The van der Waals surface area contributed by atoms with Gasteiger partial charge in [-0.25, -0.2) is 9.48 Å². The summed E-state index contributed by atoms with van der Waals surface area (Å²) in [6.07, 6.45) is -4.03. The molecule has 10 heteroatoms. The number of halogens is 3. The normalized spacial score (nSPS) is 11.4. The van der Waals surface area contributed by atoms with Gasteiger partial charge in [-0.2, -0.15) is 18.3 Å². The van der Waals surface area contributed by atoms with Crippen LogP contribution < -0.4 is 0 Å². The summed E-state index contributed by atoms with van der Waals surface area (Å²) in [7, 11) is 0. The molecule has 0 saturated carbocycles. The SMILES string of the molecule is CCOC(=O)c1cnn(-c2ccc(C(=O)N(CC)CCO)cc2)c1C(F)(F)F. The second-order valence-electron chi connectivity index (χ2n) is 5.69. The standard InChI is InChI=1S/C18H20F3N3O4/c1-3-23(9-10-25)16(26)12-5-7-13(8-6-12)24-15(18(19,20)21)14(11-22-24)17(27)28-4-2/h5-8,11,25H,3-4,9-10H2,1-2H3. The van der Waals surface area contributed by atoms with Gasteiger partial charge in [0.25, 0.3) is 5.91 Å². The minimum Gasteiger partial charge on any atom is -0.462 e. The number of aromatic nitrogens is 2. The predicted molar refractivity (Wildman–Crippen MR) is 93.2 cm³/mol. The summed E-state index contributed by atoms with van der Waals surface area (Å²) in [5, 5.41) is 12.7. The monoisotopic (exact) mass is 399 g/mol. The van der Waals surface area contributed by atoms with Crippen LogP contribution in [0.3, 0.4) is 0 Å². The number of esters is 1. The molecule has 152 valence electrons. The Hall–Kier alpha value is -2.88. The first kappa shape index (κ1) is 21.4. The minimum atomic E-state index is -4.84. The van der Waals surface area contributed by atoms with Gasteiger partial charge in [0.2, 0.25) is 0 Å². The van der Waals surface area contributed by atoms with Crippen molar-refractivity contribution in [2.45, 2.75) is 20.0 Å². The fourth-order valence-electron chi connectivity index (χ4n) is 2.63. The summed E-state index contributed by atoms with van der Waals surface area (Å²) in [6.45, 7) is 3.50. The molecule has 0 aliphatic carbocycles. The summed E-state index contributed by atoms with van der Waals surface area (Å²) in [6, 6.07) is 5.33. The maximum Gasteiger partial charge on any atom is 0.434 e. The van der Waals surface area contributed by atoms with Gasteiger partial charge in [0.05, 0.1) is 25.1 Å². The molecule has 1 aromatic heterocycles. The van der Waals surface area contributed by atoms with Gasteiger partial charge in [-0.15, -0.1) is 0 Å². The highest BCUT2D eigenvalue weighted by atomic mass is 19.4. The molecular weight excluding hydrogens is 379 g/mol. The number of aliphatic hydroxyl groups excluding tert-OH is 1. The number of carbonyl (C=O) groups is 2. The average molecular weight is 399 g/mol. The molecule has 2 rings (SSSR count). The van der Waals surface area contributed by atoms with Crippen LogP contribution in [0.4, 0.5) is 13.2 Å². The van der Waals surface area contributed by atoms with Gasteiger partial charge in [-0.05, 0) is 38.1 Å². The van der Waals surface area contributed by atoms with E-state index in [4.69, 9.17) is 5.11 Å². The van der Waals surface area contributed by atoms with E-state index in [1.54, 1.807) is 6.92 Å². The predicted octanol–water partition coefficient (Wildman–Crippen LogP) is 2.52. The Labute approximate surface area is 159 Å². The maximum atomic E-state index is 13.5. The van der Waals surface area contributed by atoms with Crippen LogP contribution in [0.1, 0.15) is 40.3 Å². The van der Waals surface area contributed by atoms with E-state index in [0.717, 1.165) is 6.20 Å². The summed E-state index contributed by atoms with van der Waals surface area (Å²) in [4.78, 5) is 25.6. The van der Waals surface area contributed by atoms with Crippen molar-refractivity contribution < 1.29 is 32.6 Å². The van der Waals surface area contributed by atoms with Crippen molar-refractivity contribution in [1.29, 1.82) is 0 Å². The zero-order valence-corrected chi connectivity index (χ0v) is 15.4. The van der Waals surface area contributed by atoms with Crippen molar-refractivity contribution in [3.8, 4) is 5.69 Å². The third-order valence-electron chi connectivity index (χ3n) is 3.93. The molecule has 0 aliphatic rings. The van der Waals surface area contributed by atoms with Gasteiger partial charge < -0.3 is 14.7 Å². The first-order valence-corrected chi connectivity index (χ1v) is 8.57. The van der Waals surface area contributed by atoms with Gasteiger partial charge in [-0.3, -0.25) is 4.79 Å². The topological polar surface area (TPSA) is 84.7 Å². The van der Waals surface area contributed by atoms with Gasteiger partial charge in [0.15, 0.2) is 5.69 Å². The minimum absolute atomic E-state index is 0.0321. The van der Waals surface area contributed by atoms with Crippen LogP contribution in [0.15, 0.2) is 30.5 Å². The van der Waals surface area contributed by atoms with E-state index in [9.17, 15) is 22.8 Å². The number of hydrogen-bond donors (Lipinski definition) is 1. The van der Waals surface area contributed by atoms with Gasteiger partial charge in [-0.1, -0.05) is 0 Å².